The van der Waals surface area contributed by atoms with E-state index in [4.69, 9.17) is 0 Å². The fourth-order valence-corrected chi connectivity index (χ4v) is 5.58. The summed E-state index contributed by atoms with van der Waals surface area (Å²) in [4.78, 5) is 41.6. The third-order valence-electron chi connectivity index (χ3n) is 5.77. The molecule has 1 aromatic heterocycles. The van der Waals surface area contributed by atoms with Gasteiger partial charge >= 0.3 is 0 Å². The van der Waals surface area contributed by atoms with Crippen LogP contribution < -0.4 is 19.7 Å². The van der Waals surface area contributed by atoms with Gasteiger partial charge in [0.25, 0.3) is 5.56 Å². The quantitative estimate of drug-likeness (QED) is 0.630. The molecule has 6 heteroatoms. The fraction of sp³-hybridized carbons (Fsp3) is 0.160. The Kier molecular flexibility index (Phi) is 4.59. The van der Waals surface area contributed by atoms with Gasteiger partial charge in [-0.2, -0.15) is 0 Å². The summed E-state index contributed by atoms with van der Waals surface area (Å²) < 4.78 is 2.52. The van der Waals surface area contributed by atoms with E-state index in [0.29, 0.717) is 33.4 Å². The number of benzene rings is 2. The van der Waals surface area contributed by atoms with Crippen LogP contribution in [-0.4, -0.2) is 22.7 Å². The van der Waals surface area contributed by atoms with Gasteiger partial charge in [-0.1, -0.05) is 48.5 Å². The van der Waals surface area contributed by atoms with Crippen LogP contribution in [0.15, 0.2) is 59.4 Å². The largest absolute Gasteiger partial charge is 0.340 e. The van der Waals surface area contributed by atoms with Crippen LogP contribution in [0, 0.1) is 0 Å². The zero-order chi connectivity index (χ0) is 21.7. The van der Waals surface area contributed by atoms with Gasteiger partial charge in [0.1, 0.15) is 14.8 Å². The summed E-state index contributed by atoms with van der Waals surface area (Å²) in [7, 11) is 0. The first-order chi connectivity index (χ1) is 15.1. The molecule has 0 saturated heterocycles. The lowest BCUT2D eigenvalue weighted by molar-refractivity contribution is 0.102. The molecule has 1 aliphatic carbocycles. The molecular weight excluding hydrogens is 408 g/mol. The number of carbonyl (C=O) groups is 2. The second-order valence-electron chi connectivity index (χ2n) is 7.39. The Morgan fingerprint density at radius 3 is 2.10 bits per heavy atom. The third-order valence-corrected chi connectivity index (χ3v) is 6.98. The Hall–Kier alpha value is -3.51. The molecule has 0 spiro atoms. The fourth-order valence-electron chi connectivity index (χ4n) is 4.29. The van der Waals surface area contributed by atoms with Crippen molar-refractivity contribution in [3.05, 3.63) is 90.8 Å². The Morgan fingerprint density at radius 1 is 0.806 bits per heavy atom. The molecule has 0 bridgehead atoms. The standard InChI is InChI=1S/C25H20N2O3S/c1-3-26-18-12-8-5-9-15(18)13-14-19(26)23-24(30)27(4-2)25(31-23)20-21(28)16-10-6-7-11-17(16)22(20)29/h5-14H,3-4H2,1-2H3/b23-19-. The Bertz CT molecular complexity index is 1440. The molecule has 2 heterocycles. The third kappa shape index (κ3) is 2.79. The van der Waals surface area contributed by atoms with Gasteiger partial charge in [0.15, 0.2) is 0 Å². The minimum absolute atomic E-state index is 0.0974. The van der Waals surface area contributed by atoms with E-state index in [1.807, 2.05) is 50.3 Å². The van der Waals surface area contributed by atoms with Crippen LogP contribution >= 0.6 is 11.3 Å². The zero-order valence-electron chi connectivity index (χ0n) is 17.2. The average Bonchev–Trinajstić information content (AvgIpc) is 3.26. The van der Waals surface area contributed by atoms with E-state index in [-0.39, 0.29) is 22.7 Å². The Labute approximate surface area is 182 Å². The zero-order valence-corrected chi connectivity index (χ0v) is 18.0. The SMILES string of the molecule is CCN1/C(=c2\sc(=C3C(=O)c4ccccc4C3=O)n(CC)c2=O)C=Cc2ccccc21. The number of para-hydroxylation sites is 1. The van der Waals surface area contributed by atoms with Crippen LogP contribution in [0.5, 0.6) is 0 Å². The summed E-state index contributed by atoms with van der Waals surface area (Å²) in [5.41, 5.74) is 3.65. The van der Waals surface area contributed by atoms with E-state index in [9.17, 15) is 14.4 Å². The molecule has 0 saturated carbocycles. The van der Waals surface area contributed by atoms with Crippen LogP contribution in [0.3, 0.4) is 0 Å². The predicted octanol–water partition coefficient (Wildman–Crippen LogP) is 2.82. The lowest BCUT2D eigenvalue weighted by Gasteiger charge is -2.28. The number of fused-ring (bicyclic) bond motifs is 2. The van der Waals surface area contributed by atoms with Crippen molar-refractivity contribution in [3.8, 4) is 0 Å². The molecule has 5 rings (SSSR count). The van der Waals surface area contributed by atoms with Crippen LogP contribution in [0.2, 0.25) is 0 Å². The molecule has 2 aliphatic rings. The highest BCUT2D eigenvalue weighted by atomic mass is 32.1. The maximum atomic E-state index is 13.4. The second kappa shape index (κ2) is 7.32. The van der Waals surface area contributed by atoms with E-state index in [1.54, 1.807) is 28.8 Å². The number of carbonyl (C=O) groups excluding carboxylic acids is 2. The number of aromatic nitrogens is 1. The van der Waals surface area contributed by atoms with Gasteiger partial charge in [-0.15, -0.1) is 11.3 Å². The van der Waals surface area contributed by atoms with Crippen LogP contribution in [0.1, 0.15) is 40.1 Å². The van der Waals surface area contributed by atoms with E-state index in [2.05, 4.69) is 4.90 Å². The highest BCUT2D eigenvalue weighted by Gasteiger charge is 2.35. The smallest absolute Gasteiger partial charge is 0.271 e. The number of likely N-dealkylation sites (N-methyl/N-ethyl adjacent to an activating group) is 1. The molecule has 3 aromatic rings. The highest BCUT2D eigenvalue weighted by Crippen LogP contribution is 2.30. The highest BCUT2D eigenvalue weighted by molar-refractivity contribution is 7.08. The van der Waals surface area contributed by atoms with Crippen molar-refractivity contribution in [1.29, 1.82) is 0 Å². The van der Waals surface area contributed by atoms with E-state index >= 15 is 0 Å². The molecule has 0 N–H and O–H groups in total. The minimum Gasteiger partial charge on any atom is -0.340 e. The summed E-state index contributed by atoms with van der Waals surface area (Å²) in [6.07, 6.45) is 3.95. The van der Waals surface area contributed by atoms with Gasteiger partial charge in [-0.25, -0.2) is 0 Å². The molecule has 2 aromatic carbocycles. The summed E-state index contributed by atoms with van der Waals surface area (Å²) in [6.45, 7) is 4.96. The first-order valence-electron chi connectivity index (χ1n) is 10.3. The van der Waals surface area contributed by atoms with E-state index < -0.39 is 0 Å². The van der Waals surface area contributed by atoms with Gasteiger partial charge in [-0.05, 0) is 31.6 Å². The van der Waals surface area contributed by atoms with E-state index in [0.717, 1.165) is 16.9 Å². The number of rotatable bonds is 2. The van der Waals surface area contributed by atoms with Crippen molar-refractivity contribution >= 4 is 45.9 Å². The van der Waals surface area contributed by atoms with Crippen molar-refractivity contribution in [3.63, 3.8) is 0 Å². The predicted molar refractivity (Wildman–Crippen MR) is 124 cm³/mol. The van der Waals surface area contributed by atoms with Gasteiger partial charge in [0.2, 0.25) is 11.6 Å². The molecule has 0 fully saturated rings. The molecule has 1 aliphatic heterocycles. The first-order valence-corrected chi connectivity index (χ1v) is 11.1. The summed E-state index contributed by atoms with van der Waals surface area (Å²) in [6, 6.07) is 14.9. The molecule has 31 heavy (non-hydrogen) atoms. The number of Topliss-reactive ketones (excluding diaryl/α,β-unsaturated/α-hetero) is 2. The molecule has 0 amide bonds. The van der Waals surface area contributed by atoms with Gasteiger partial charge in [-0.3, -0.25) is 19.0 Å². The van der Waals surface area contributed by atoms with Gasteiger partial charge in [0.05, 0.1) is 5.70 Å². The molecule has 154 valence electrons. The maximum absolute atomic E-state index is 13.4. The number of hydrogen-bond donors (Lipinski definition) is 0. The van der Waals surface area contributed by atoms with Crippen molar-refractivity contribution in [1.82, 2.24) is 4.57 Å². The number of thiazole rings is 1. The number of hydrogen-bond acceptors (Lipinski definition) is 5. The lowest BCUT2D eigenvalue weighted by atomic mass is 10.1. The first kappa shape index (κ1) is 19.5. The maximum Gasteiger partial charge on any atom is 0.271 e. The van der Waals surface area contributed by atoms with Gasteiger partial charge in [0, 0.05) is 29.9 Å². The topological polar surface area (TPSA) is 59.4 Å². The molecule has 0 radical (unpaired) electrons. The van der Waals surface area contributed by atoms with Crippen molar-refractivity contribution < 1.29 is 9.59 Å². The number of nitrogens with zero attached hydrogens (tertiary/aromatic N) is 2. The second-order valence-corrected chi connectivity index (χ2v) is 8.39. The van der Waals surface area contributed by atoms with Crippen LogP contribution in [0.25, 0.3) is 17.3 Å². The Balaban J connectivity index is 1.84. The van der Waals surface area contributed by atoms with Crippen LogP contribution in [-0.2, 0) is 6.54 Å². The monoisotopic (exact) mass is 428 g/mol. The van der Waals surface area contributed by atoms with Crippen molar-refractivity contribution in [2.45, 2.75) is 20.4 Å². The molecule has 5 nitrogen and oxygen atoms in total. The minimum atomic E-state index is -0.308. The molecular formula is C25H20N2O3S. The average molecular weight is 429 g/mol. The molecule has 0 atom stereocenters. The number of ketones is 2. The normalized spacial score (nSPS) is 16.7. The summed E-state index contributed by atoms with van der Waals surface area (Å²) >= 11 is 1.23. The summed E-state index contributed by atoms with van der Waals surface area (Å²) in [5.74, 6) is -0.616. The number of anilines is 1. The van der Waals surface area contributed by atoms with Crippen molar-refractivity contribution in [2.75, 3.05) is 11.4 Å². The van der Waals surface area contributed by atoms with Gasteiger partial charge < -0.3 is 4.90 Å². The van der Waals surface area contributed by atoms with E-state index in [1.165, 1.54) is 11.3 Å². The van der Waals surface area contributed by atoms with Crippen molar-refractivity contribution in [2.24, 2.45) is 0 Å². The lowest BCUT2D eigenvalue weighted by Crippen LogP contribution is -2.36. The molecule has 0 unspecified atom stereocenters. The Morgan fingerprint density at radius 2 is 1.45 bits per heavy atom. The summed E-state index contributed by atoms with van der Waals surface area (Å²) in [5, 5.41) is 0. The van der Waals surface area contributed by atoms with Crippen LogP contribution in [0.4, 0.5) is 5.69 Å².